The smallest absolute Gasteiger partial charge is 0.352 e. The van der Waals surface area contributed by atoms with Crippen molar-refractivity contribution in [1.29, 1.82) is 0 Å². The van der Waals surface area contributed by atoms with Crippen LogP contribution in [-0.4, -0.2) is 12.1 Å². The van der Waals surface area contributed by atoms with Crippen molar-refractivity contribution in [3.63, 3.8) is 0 Å². The molecule has 0 aliphatic heterocycles. The van der Waals surface area contributed by atoms with E-state index < -0.39 is 17.9 Å². The van der Waals surface area contributed by atoms with Gasteiger partial charge in [0, 0.05) is 4.47 Å². The first-order chi connectivity index (χ1) is 9.56. The van der Waals surface area contributed by atoms with E-state index in [2.05, 4.69) is 15.9 Å². The lowest BCUT2D eigenvalue weighted by atomic mass is 10.3. The standard InChI is InChI=1S/C15H12BrFO3/c1-10(19-14-5-3-2-4-13(14)17)15(18)20-12-8-6-11(16)7-9-12/h2-10H,1H3. The Bertz CT molecular complexity index is 598. The van der Waals surface area contributed by atoms with Crippen LogP contribution in [0.15, 0.2) is 53.0 Å². The predicted molar refractivity (Wildman–Crippen MR) is 76.3 cm³/mol. The molecule has 0 fully saturated rings. The van der Waals surface area contributed by atoms with E-state index in [1.54, 1.807) is 36.4 Å². The lowest BCUT2D eigenvalue weighted by molar-refractivity contribution is -0.141. The second kappa shape index (κ2) is 6.52. The topological polar surface area (TPSA) is 35.5 Å². The highest BCUT2D eigenvalue weighted by Gasteiger charge is 2.18. The summed E-state index contributed by atoms with van der Waals surface area (Å²) in [7, 11) is 0. The predicted octanol–water partition coefficient (Wildman–Crippen LogP) is 3.96. The SMILES string of the molecule is CC(Oc1ccccc1F)C(=O)Oc1ccc(Br)cc1. The molecule has 0 heterocycles. The molecule has 0 saturated heterocycles. The van der Waals surface area contributed by atoms with Crippen LogP contribution < -0.4 is 9.47 Å². The maximum Gasteiger partial charge on any atom is 0.352 e. The van der Waals surface area contributed by atoms with E-state index >= 15 is 0 Å². The van der Waals surface area contributed by atoms with E-state index in [1.165, 1.54) is 19.1 Å². The van der Waals surface area contributed by atoms with Gasteiger partial charge in [-0.2, -0.15) is 0 Å². The van der Waals surface area contributed by atoms with Crippen LogP contribution in [0, 0.1) is 5.82 Å². The zero-order valence-corrected chi connectivity index (χ0v) is 12.3. The van der Waals surface area contributed by atoms with Crippen molar-refractivity contribution in [1.82, 2.24) is 0 Å². The van der Waals surface area contributed by atoms with Gasteiger partial charge in [0.05, 0.1) is 0 Å². The molecule has 20 heavy (non-hydrogen) atoms. The van der Waals surface area contributed by atoms with Gasteiger partial charge in [0.1, 0.15) is 5.75 Å². The minimum absolute atomic E-state index is 0.0211. The summed E-state index contributed by atoms with van der Waals surface area (Å²) in [5.74, 6) is -0.679. The van der Waals surface area contributed by atoms with Gasteiger partial charge in [0.25, 0.3) is 0 Å². The summed E-state index contributed by atoms with van der Waals surface area (Å²) in [5, 5.41) is 0. The Balaban J connectivity index is 1.99. The van der Waals surface area contributed by atoms with Crippen molar-refractivity contribution in [2.75, 3.05) is 0 Å². The number of benzene rings is 2. The number of para-hydroxylation sites is 1. The number of carbonyl (C=O) groups excluding carboxylic acids is 1. The second-order valence-corrected chi connectivity index (χ2v) is 4.98. The van der Waals surface area contributed by atoms with Crippen LogP contribution in [0.25, 0.3) is 0 Å². The van der Waals surface area contributed by atoms with Crippen LogP contribution in [-0.2, 0) is 4.79 Å². The van der Waals surface area contributed by atoms with Crippen LogP contribution >= 0.6 is 15.9 Å². The molecule has 3 nitrogen and oxygen atoms in total. The van der Waals surface area contributed by atoms with Gasteiger partial charge in [0.15, 0.2) is 17.7 Å². The lowest BCUT2D eigenvalue weighted by Gasteiger charge is -2.14. The van der Waals surface area contributed by atoms with Crippen LogP contribution in [0.3, 0.4) is 0 Å². The fraction of sp³-hybridized carbons (Fsp3) is 0.133. The molecule has 0 aromatic heterocycles. The first kappa shape index (κ1) is 14.5. The molecule has 5 heteroatoms. The number of halogens is 2. The summed E-state index contributed by atoms with van der Waals surface area (Å²) in [5.41, 5.74) is 0. The third kappa shape index (κ3) is 3.81. The van der Waals surface area contributed by atoms with Crippen molar-refractivity contribution >= 4 is 21.9 Å². The van der Waals surface area contributed by atoms with E-state index in [9.17, 15) is 9.18 Å². The number of esters is 1. The molecule has 104 valence electrons. The first-order valence-corrected chi connectivity index (χ1v) is 6.74. The van der Waals surface area contributed by atoms with Crippen LogP contribution in [0.4, 0.5) is 4.39 Å². The van der Waals surface area contributed by atoms with E-state index in [0.717, 1.165) is 4.47 Å². The molecule has 0 aliphatic rings. The van der Waals surface area contributed by atoms with Crippen molar-refractivity contribution in [2.24, 2.45) is 0 Å². The largest absolute Gasteiger partial charge is 0.476 e. The number of carbonyl (C=O) groups is 1. The molecule has 0 radical (unpaired) electrons. The third-order valence-electron chi connectivity index (χ3n) is 2.50. The zero-order valence-electron chi connectivity index (χ0n) is 10.7. The first-order valence-electron chi connectivity index (χ1n) is 5.94. The van der Waals surface area contributed by atoms with E-state index in [0.29, 0.717) is 5.75 Å². The Kier molecular flexibility index (Phi) is 4.74. The molecule has 0 spiro atoms. The number of ether oxygens (including phenoxy) is 2. The molecular weight excluding hydrogens is 327 g/mol. The summed E-state index contributed by atoms with van der Waals surface area (Å²) < 4.78 is 24.7. The molecular formula is C15H12BrFO3. The summed E-state index contributed by atoms with van der Waals surface area (Å²) in [6.07, 6.45) is -0.907. The molecule has 2 aromatic rings. The van der Waals surface area contributed by atoms with Gasteiger partial charge in [0.2, 0.25) is 0 Å². The molecule has 0 saturated carbocycles. The molecule has 2 aromatic carbocycles. The molecule has 0 N–H and O–H groups in total. The highest BCUT2D eigenvalue weighted by molar-refractivity contribution is 9.10. The van der Waals surface area contributed by atoms with Crippen LogP contribution in [0.2, 0.25) is 0 Å². The van der Waals surface area contributed by atoms with Gasteiger partial charge in [-0.25, -0.2) is 9.18 Å². The maximum absolute atomic E-state index is 13.4. The van der Waals surface area contributed by atoms with Crippen molar-refractivity contribution < 1.29 is 18.7 Å². The minimum Gasteiger partial charge on any atom is -0.476 e. The molecule has 0 bridgehead atoms. The summed E-state index contributed by atoms with van der Waals surface area (Å²) in [6, 6.07) is 12.7. The normalized spacial score (nSPS) is 11.8. The average Bonchev–Trinajstić information content (AvgIpc) is 2.44. The van der Waals surface area contributed by atoms with Gasteiger partial charge in [-0.15, -0.1) is 0 Å². The summed E-state index contributed by atoms with van der Waals surface area (Å²) >= 11 is 3.29. The number of rotatable bonds is 4. The quantitative estimate of drug-likeness (QED) is 0.625. The van der Waals surface area contributed by atoms with Gasteiger partial charge >= 0.3 is 5.97 Å². The zero-order chi connectivity index (χ0) is 14.5. The highest BCUT2D eigenvalue weighted by atomic mass is 79.9. The Hall–Kier alpha value is -1.88. The van der Waals surface area contributed by atoms with Gasteiger partial charge < -0.3 is 9.47 Å². The lowest BCUT2D eigenvalue weighted by Crippen LogP contribution is -2.28. The Morgan fingerprint density at radius 3 is 2.45 bits per heavy atom. The average molecular weight is 339 g/mol. The molecule has 0 amide bonds. The fourth-order valence-electron chi connectivity index (χ4n) is 1.48. The van der Waals surface area contributed by atoms with Crippen molar-refractivity contribution in [3.05, 3.63) is 58.8 Å². The third-order valence-corrected chi connectivity index (χ3v) is 3.03. The number of hydrogen-bond donors (Lipinski definition) is 0. The molecule has 2 rings (SSSR count). The summed E-state index contributed by atoms with van der Waals surface area (Å²) in [6.45, 7) is 1.51. The Labute approximate surface area is 124 Å². The monoisotopic (exact) mass is 338 g/mol. The van der Waals surface area contributed by atoms with Crippen LogP contribution in [0.1, 0.15) is 6.92 Å². The van der Waals surface area contributed by atoms with Gasteiger partial charge in [-0.3, -0.25) is 0 Å². The second-order valence-electron chi connectivity index (χ2n) is 4.07. The van der Waals surface area contributed by atoms with Crippen molar-refractivity contribution in [3.8, 4) is 11.5 Å². The number of hydrogen-bond acceptors (Lipinski definition) is 3. The molecule has 0 aliphatic carbocycles. The fourth-order valence-corrected chi connectivity index (χ4v) is 1.74. The van der Waals surface area contributed by atoms with Crippen molar-refractivity contribution in [2.45, 2.75) is 13.0 Å². The Morgan fingerprint density at radius 2 is 1.80 bits per heavy atom. The Morgan fingerprint density at radius 1 is 1.15 bits per heavy atom. The minimum atomic E-state index is -0.907. The molecule has 1 unspecified atom stereocenters. The summed E-state index contributed by atoms with van der Waals surface area (Å²) in [4.78, 5) is 11.8. The van der Waals surface area contributed by atoms with E-state index in [4.69, 9.17) is 9.47 Å². The maximum atomic E-state index is 13.4. The highest BCUT2D eigenvalue weighted by Crippen LogP contribution is 2.19. The van der Waals surface area contributed by atoms with Gasteiger partial charge in [-0.1, -0.05) is 28.1 Å². The molecule has 1 atom stereocenters. The van der Waals surface area contributed by atoms with Gasteiger partial charge in [-0.05, 0) is 43.3 Å². The van der Waals surface area contributed by atoms with E-state index in [1.807, 2.05) is 0 Å². The van der Waals surface area contributed by atoms with E-state index in [-0.39, 0.29) is 5.75 Å². The van der Waals surface area contributed by atoms with Crippen LogP contribution in [0.5, 0.6) is 11.5 Å².